The number of morpholine rings is 1. The van der Waals surface area contributed by atoms with E-state index in [9.17, 15) is 4.79 Å². The van der Waals surface area contributed by atoms with Gasteiger partial charge in [-0.3, -0.25) is 9.69 Å². The predicted octanol–water partition coefficient (Wildman–Crippen LogP) is 2.00. The first-order valence-electron chi connectivity index (χ1n) is 9.92. The molecule has 0 atom stereocenters. The maximum Gasteiger partial charge on any atom is 0.273 e. The van der Waals surface area contributed by atoms with Crippen molar-refractivity contribution >= 4 is 17.7 Å². The van der Waals surface area contributed by atoms with Gasteiger partial charge in [-0.15, -0.1) is 0 Å². The highest BCUT2D eigenvalue weighted by molar-refractivity contribution is 6.28. The number of ether oxygens (including phenoxy) is 1. The van der Waals surface area contributed by atoms with E-state index in [2.05, 4.69) is 26.5 Å². The molecule has 0 bridgehead atoms. The molecule has 2 N–H and O–H groups in total. The minimum absolute atomic E-state index is 0.0585. The molecule has 1 saturated heterocycles. The van der Waals surface area contributed by atoms with Crippen LogP contribution in [0.2, 0.25) is 0 Å². The Kier molecular flexibility index (Phi) is 4.17. The van der Waals surface area contributed by atoms with Crippen LogP contribution in [-0.2, 0) is 28.9 Å². The SMILES string of the molecule is O=C1NN=C(C2CC2)C1=Cc1[nH]c2c(c1CN1CCOCC1)CCCC2. The summed E-state index contributed by atoms with van der Waals surface area (Å²) in [5.41, 5.74) is 9.73. The zero-order valence-corrected chi connectivity index (χ0v) is 15.1. The molecular formula is C20H26N4O2. The average Bonchev–Trinajstić information content (AvgIpc) is 3.37. The summed E-state index contributed by atoms with van der Waals surface area (Å²) in [5, 5.41) is 4.29. The second-order valence-corrected chi connectivity index (χ2v) is 7.84. The summed E-state index contributed by atoms with van der Waals surface area (Å²) in [7, 11) is 0. The van der Waals surface area contributed by atoms with Crippen molar-refractivity contribution in [3.8, 4) is 0 Å². The van der Waals surface area contributed by atoms with E-state index in [0.29, 0.717) is 5.92 Å². The Morgan fingerprint density at radius 1 is 1.19 bits per heavy atom. The maximum atomic E-state index is 12.3. The van der Waals surface area contributed by atoms with Crippen LogP contribution in [0.3, 0.4) is 0 Å². The van der Waals surface area contributed by atoms with E-state index in [1.54, 1.807) is 0 Å². The van der Waals surface area contributed by atoms with Crippen molar-refractivity contribution in [2.24, 2.45) is 11.0 Å². The Labute approximate surface area is 153 Å². The number of carbonyl (C=O) groups is 1. The van der Waals surface area contributed by atoms with Crippen molar-refractivity contribution in [1.82, 2.24) is 15.3 Å². The van der Waals surface area contributed by atoms with E-state index in [4.69, 9.17) is 4.74 Å². The molecule has 2 fully saturated rings. The van der Waals surface area contributed by atoms with Gasteiger partial charge in [-0.2, -0.15) is 5.10 Å². The summed E-state index contributed by atoms with van der Waals surface area (Å²) in [6.45, 7) is 4.51. The molecule has 0 aromatic carbocycles. The summed E-state index contributed by atoms with van der Waals surface area (Å²) >= 11 is 0. The first-order chi connectivity index (χ1) is 12.8. The van der Waals surface area contributed by atoms with E-state index < -0.39 is 0 Å². The fourth-order valence-corrected chi connectivity index (χ4v) is 4.36. The predicted molar refractivity (Wildman–Crippen MR) is 99.8 cm³/mol. The summed E-state index contributed by atoms with van der Waals surface area (Å²) in [6.07, 6.45) is 9.12. The Morgan fingerprint density at radius 2 is 2.00 bits per heavy atom. The molecule has 0 spiro atoms. The number of nitrogens with one attached hydrogen (secondary N) is 2. The third-order valence-corrected chi connectivity index (χ3v) is 5.98. The van der Waals surface area contributed by atoms with Crippen LogP contribution in [0, 0.1) is 5.92 Å². The molecule has 0 unspecified atom stereocenters. The number of carbonyl (C=O) groups excluding carboxylic acids is 1. The van der Waals surface area contributed by atoms with Gasteiger partial charge in [0.1, 0.15) is 0 Å². The van der Waals surface area contributed by atoms with Gasteiger partial charge < -0.3 is 9.72 Å². The van der Waals surface area contributed by atoms with Gasteiger partial charge in [0.2, 0.25) is 0 Å². The van der Waals surface area contributed by atoms with Crippen molar-refractivity contribution < 1.29 is 9.53 Å². The number of aromatic nitrogens is 1. The average molecular weight is 354 g/mol. The van der Waals surface area contributed by atoms with Crippen molar-refractivity contribution in [3.63, 3.8) is 0 Å². The normalized spacial score (nSPS) is 25.3. The molecule has 1 aromatic rings. The quantitative estimate of drug-likeness (QED) is 0.813. The number of nitrogens with zero attached hydrogens (tertiary/aromatic N) is 2. The summed E-state index contributed by atoms with van der Waals surface area (Å²) in [4.78, 5) is 18.4. The van der Waals surface area contributed by atoms with Gasteiger partial charge in [0, 0.05) is 36.9 Å². The van der Waals surface area contributed by atoms with Gasteiger partial charge >= 0.3 is 0 Å². The molecule has 138 valence electrons. The van der Waals surface area contributed by atoms with Crippen molar-refractivity contribution in [2.75, 3.05) is 26.3 Å². The Bertz CT molecular complexity index is 782. The van der Waals surface area contributed by atoms with Gasteiger partial charge in [-0.25, -0.2) is 5.43 Å². The first kappa shape index (κ1) is 16.3. The molecule has 26 heavy (non-hydrogen) atoms. The Hall–Kier alpha value is -1.92. The summed E-state index contributed by atoms with van der Waals surface area (Å²) in [6, 6.07) is 0. The first-order valence-corrected chi connectivity index (χ1v) is 9.92. The number of aromatic amines is 1. The largest absolute Gasteiger partial charge is 0.379 e. The highest BCUT2D eigenvalue weighted by atomic mass is 16.5. The van der Waals surface area contributed by atoms with Gasteiger partial charge in [0.25, 0.3) is 5.91 Å². The third-order valence-electron chi connectivity index (χ3n) is 5.98. The van der Waals surface area contributed by atoms with Crippen molar-refractivity contribution in [2.45, 2.75) is 45.1 Å². The van der Waals surface area contributed by atoms with Crippen LogP contribution < -0.4 is 5.43 Å². The molecule has 1 amide bonds. The zero-order chi connectivity index (χ0) is 17.5. The second kappa shape index (κ2) is 6.67. The van der Waals surface area contributed by atoms with Crippen molar-refractivity contribution in [1.29, 1.82) is 0 Å². The second-order valence-electron chi connectivity index (χ2n) is 7.84. The van der Waals surface area contributed by atoms with Crippen LogP contribution in [0.5, 0.6) is 0 Å². The minimum Gasteiger partial charge on any atom is -0.379 e. The molecule has 1 aromatic heterocycles. The van der Waals surface area contributed by atoms with Crippen LogP contribution in [-0.4, -0.2) is 47.8 Å². The monoisotopic (exact) mass is 354 g/mol. The molecule has 5 rings (SSSR count). The smallest absolute Gasteiger partial charge is 0.273 e. The molecule has 3 heterocycles. The molecule has 6 nitrogen and oxygen atoms in total. The molecule has 1 saturated carbocycles. The number of aryl methyl sites for hydroxylation is 1. The molecule has 2 aliphatic heterocycles. The maximum absolute atomic E-state index is 12.3. The lowest BCUT2D eigenvalue weighted by atomic mass is 9.93. The topological polar surface area (TPSA) is 69.7 Å². The van der Waals surface area contributed by atoms with Crippen LogP contribution in [0.15, 0.2) is 10.7 Å². The standard InChI is InChI=1S/C20H26N4O2/c25-20-15(19(22-23-20)13-5-6-13)11-18-16(12-24-7-9-26-10-8-24)14-3-1-2-4-17(14)21-18/h11,13,21H,1-10,12H2,(H,23,25). The van der Waals surface area contributed by atoms with E-state index in [0.717, 1.165) is 75.5 Å². The van der Waals surface area contributed by atoms with Gasteiger partial charge in [-0.1, -0.05) is 0 Å². The molecule has 4 aliphatic rings. The van der Waals surface area contributed by atoms with E-state index in [1.807, 2.05) is 0 Å². The fourth-order valence-electron chi connectivity index (χ4n) is 4.36. The molecular weight excluding hydrogens is 328 g/mol. The van der Waals surface area contributed by atoms with Gasteiger partial charge in [0.15, 0.2) is 0 Å². The third kappa shape index (κ3) is 3.01. The number of H-pyrrole nitrogens is 1. The van der Waals surface area contributed by atoms with Crippen LogP contribution in [0.4, 0.5) is 0 Å². The lowest BCUT2D eigenvalue weighted by Gasteiger charge is -2.27. The molecule has 6 heteroatoms. The number of hydrazone groups is 1. The van der Waals surface area contributed by atoms with Crippen molar-refractivity contribution in [3.05, 3.63) is 28.1 Å². The number of amides is 1. The van der Waals surface area contributed by atoms with Crippen LogP contribution >= 0.6 is 0 Å². The Morgan fingerprint density at radius 3 is 2.81 bits per heavy atom. The van der Waals surface area contributed by atoms with Gasteiger partial charge in [-0.05, 0) is 55.7 Å². The van der Waals surface area contributed by atoms with E-state index in [-0.39, 0.29) is 5.91 Å². The number of hydrogen-bond acceptors (Lipinski definition) is 4. The highest BCUT2D eigenvalue weighted by Gasteiger charge is 2.36. The van der Waals surface area contributed by atoms with Crippen LogP contribution in [0.25, 0.3) is 6.08 Å². The molecule has 0 radical (unpaired) electrons. The summed E-state index contributed by atoms with van der Waals surface area (Å²) < 4.78 is 5.50. The summed E-state index contributed by atoms with van der Waals surface area (Å²) in [5.74, 6) is 0.407. The number of fused-ring (bicyclic) bond motifs is 1. The minimum atomic E-state index is -0.0585. The van der Waals surface area contributed by atoms with E-state index in [1.165, 1.54) is 29.7 Å². The number of hydrogen-bond donors (Lipinski definition) is 2. The fraction of sp³-hybridized carbons (Fsp3) is 0.600. The lowest BCUT2D eigenvalue weighted by molar-refractivity contribution is -0.116. The van der Waals surface area contributed by atoms with E-state index >= 15 is 0 Å². The number of rotatable bonds is 4. The Balaban J connectivity index is 1.51. The lowest BCUT2D eigenvalue weighted by Crippen LogP contribution is -2.36. The van der Waals surface area contributed by atoms with Crippen LogP contribution in [0.1, 0.15) is 48.2 Å². The van der Waals surface area contributed by atoms with Gasteiger partial charge in [0.05, 0.1) is 24.5 Å². The highest BCUT2D eigenvalue weighted by Crippen LogP contribution is 2.36. The molecule has 2 aliphatic carbocycles. The zero-order valence-electron chi connectivity index (χ0n) is 15.1.